The Morgan fingerprint density at radius 2 is 1.61 bits per heavy atom. The van der Waals surface area contributed by atoms with Gasteiger partial charge in [-0.15, -0.1) is 0 Å². The molecule has 0 aliphatic heterocycles. The van der Waals surface area contributed by atoms with Gasteiger partial charge in [-0.05, 0) is 53.6 Å². The third-order valence-corrected chi connectivity index (χ3v) is 6.78. The zero-order chi connectivity index (χ0) is 23.3. The van der Waals surface area contributed by atoms with E-state index in [2.05, 4.69) is 23.5 Å². The number of primary sulfonamides is 1. The van der Waals surface area contributed by atoms with E-state index in [1.165, 1.54) is 12.1 Å². The summed E-state index contributed by atoms with van der Waals surface area (Å²) in [5.74, 6) is 0.818. The molecule has 0 aliphatic rings. The average Bonchev–Trinajstić information content (AvgIpc) is 2.81. The molecule has 0 aromatic heterocycles. The molecule has 0 saturated carbocycles. The highest BCUT2D eigenvalue weighted by atomic mass is 35.5. The molecule has 7 heteroatoms. The molecular weight excluding hydrogens is 456 g/mol. The zero-order valence-electron chi connectivity index (χ0n) is 18.0. The molecule has 170 valence electrons. The summed E-state index contributed by atoms with van der Waals surface area (Å²) in [6.07, 6.45) is 0.755. The van der Waals surface area contributed by atoms with Crippen LogP contribution in [0.5, 0.6) is 5.75 Å². The molecule has 0 saturated heterocycles. The second kappa shape index (κ2) is 10.4. The van der Waals surface area contributed by atoms with Crippen molar-refractivity contribution in [1.82, 2.24) is 5.32 Å². The van der Waals surface area contributed by atoms with Gasteiger partial charge in [0, 0.05) is 22.7 Å². The van der Waals surface area contributed by atoms with Crippen LogP contribution in [-0.4, -0.2) is 15.0 Å². The molecule has 5 nitrogen and oxygen atoms in total. The van der Waals surface area contributed by atoms with E-state index in [1.807, 2.05) is 42.5 Å². The Morgan fingerprint density at radius 3 is 2.36 bits per heavy atom. The third kappa shape index (κ3) is 5.92. The van der Waals surface area contributed by atoms with Crippen LogP contribution in [-0.2, 0) is 29.6 Å². The minimum absolute atomic E-state index is 0.121. The van der Waals surface area contributed by atoms with E-state index < -0.39 is 10.0 Å². The highest BCUT2D eigenvalue weighted by Gasteiger charge is 2.11. The molecule has 0 aliphatic carbocycles. The summed E-state index contributed by atoms with van der Waals surface area (Å²) in [5, 5.41) is 11.6. The lowest BCUT2D eigenvalue weighted by atomic mass is 10.0. The Kier molecular flexibility index (Phi) is 7.30. The van der Waals surface area contributed by atoms with Crippen molar-refractivity contribution in [3.63, 3.8) is 0 Å². The fraction of sp³-hybridized carbons (Fsp3) is 0.154. The van der Waals surface area contributed by atoms with Crippen molar-refractivity contribution in [3.8, 4) is 5.75 Å². The molecule has 0 unspecified atom stereocenters. The number of rotatable bonds is 9. The summed E-state index contributed by atoms with van der Waals surface area (Å²) in [6, 6.07) is 26.6. The summed E-state index contributed by atoms with van der Waals surface area (Å²) in [6.45, 7) is 1.75. The van der Waals surface area contributed by atoms with Gasteiger partial charge in [-0.3, -0.25) is 0 Å². The van der Waals surface area contributed by atoms with Crippen LogP contribution in [0, 0.1) is 0 Å². The molecule has 4 aromatic carbocycles. The molecule has 0 amide bonds. The number of hydrogen-bond acceptors (Lipinski definition) is 4. The van der Waals surface area contributed by atoms with Crippen molar-refractivity contribution in [1.29, 1.82) is 0 Å². The van der Waals surface area contributed by atoms with Crippen molar-refractivity contribution in [2.24, 2.45) is 5.14 Å². The van der Waals surface area contributed by atoms with Gasteiger partial charge in [-0.1, -0.05) is 72.3 Å². The highest BCUT2D eigenvalue weighted by molar-refractivity contribution is 7.89. The molecule has 0 bridgehead atoms. The van der Waals surface area contributed by atoms with Crippen molar-refractivity contribution in [2.75, 3.05) is 6.54 Å². The molecule has 3 N–H and O–H groups in total. The normalized spacial score (nSPS) is 11.6. The lowest BCUT2D eigenvalue weighted by Gasteiger charge is -2.16. The van der Waals surface area contributed by atoms with Crippen LogP contribution in [0.1, 0.15) is 16.7 Å². The predicted molar refractivity (Wildman–Crippen MR) is 133 cm³/mol. The maximum absolute atomic E-state index is 11.4. The minimum atomic E-state index is -3.67. The fourth-order valence-corrected chi connectivity index (χ4v) is 4.40. The number of nitrogens with one attached hydrogen (secondary N) is 1. The Bertz CT molecular complexity index is 1360. The van der Waals surface area contributed by atoms with Crippen molar-refractivity contribution < 1.29 is 13.2 Å². The Labute approximate surface area is 199 Å². The van der Waals surface area contributed by atoms with E-state index in [0.29, 0.717) is 18.2 Å². The first-order valence-corrected chi connectivity index (χ1v) is 12.5. The molecular formula is C26H25ClN2O3S. The minimum Gasteiger partial charge on any atom is -0.488 e. The van der Waals surface area contributed by atoms with Crippen molar-refractivity contribution in [2.45, 2.75) is 24.5 Å². The van der Waals surface area contributed by atoms with Gasteiger partial charge in [0.1, 0.15) is 12.4 Å². The first-order chi connectivity index (χ1) is 15.9. The molecule has 0 radical (unpaired) electrons. The standard InChI is InChI=1S/C26H25ClN2O3S/c27-25-8-4-2-6-21(25)18-32-26-14-11-20-5-1-3-7-23(20)24(26)17-29-16-15-19-9-12-22(13-10-19)33(28,30)31/h1-14,29H,15-18H2,(H2,28,30,31). The molecule has 33 heavy (non-hydrogen) atoms. The molecule has 0 spiro atoms. The van der Waals surface area contributed by atoms with E-state index >= 15 is 0 Å². The Balaban J connectivity index is 1.45. The number of halogens is 1. The molecule has 0 fully saturated rings. The third-order valence-electron chi connectivity index (χ3n) is 5.48. The summed E-state index contributed by atoms with van der Waals surface area (Å²) >= 11 is 6.29. The Hall–Kier alpha value is -2.90. The van der Waals surface area contributed by atoms with Gasteiger partial charge >= 0.3 is 0 Å². The summed E-state index contributed by atoms with van der Waals surface area (Å²) in [7, 11) is -3.67. The first kappa shape index (κ1) is 23.3. The largest absolute Gasteiger partial charge is 0.488 e. The van der Waals surface area contributed by atoms with Crippen LogP contribution in [0.3, 0.4) is 0 Å². The van der Waals surface area contributed by atoms with Crippen LogP contribution in [0.2, 0.25) is 5.02 Å². The van der Waals surface area contributed by atoms with Gasteiger partial charge in [0.15, 0.2) is 0 Å². The number of fused-ring (bicyclic) bond motifs is 1. The number of nitrogens with two attached hydrogens (primary N) is 1. The summed E-state index contributed by atoms with van der Waals surface area (Å²) < 4.78 is 29.0. The maximum atomic E-state index is 11.4. The number of ether oxygens (including phenoxy) is 1. The fourth-order valence-electron chi connectivity index (χ4n) is 3.70. The van der Waals surface area contributed by atoms with E-state index in [1.54, 1.807) is 12.1 Å². The second-order valence-corrected chi connectivity index (χ2v) is 9.73. The monoisotopic (exact) mass is 480 g/mol. The van der Waals surface area contributed by atoms with Crippen LogP contribution < -0.4 is 15.2 Å². The van der Waals surface area contributed by atoms with Gasteiger partial charge < -0.3 is 10.1 Å². The van der Waals surface area contributed by atoms with Gasteiger partial charge in [0.2, 0.25) is 10.0 Å². The van der Waals surface area contributed by atoms with Crippen molar-refractivity contribution >= 4 is 32.4 Å². The topological polar surface area (TPSA) is 81.4 Å². The summed E-state index contributed by atoms with van der Waals surface area (Å²) in [4.78, 5) is 0.121. The lowest BCUT2D eigenvalue weighted by Crippen LogP contribution is -2.18. The number of sulfonamides is 1. The molecule has 0 atom stereocenters. The quantitative estimate of drug-likeness (QED) is 0.328. The van der Waals surface area contributed by atoms with E-state index in [9.17, 15) is 8.42 Å². The average molecular weight is 481 g/mol. The highest BCUT2D eigenvalue weighted by Crippen LogP contribution is 2.29. The van der Waals surface area contributed by atoms with Crippen molar-refractivity contribution in [3.05, 3.63) is 107 Å². The van der Waals surface area contributed by atoms with Crippen LogP contribution in [0.25, 0.3) is 10.8 Å². The summed E-state index contributed by atoms with van der Waals surface area (Å²) in [5.41, 5.74) is 3.06. The zero-order valence-corrected chi connectivity index (χ0v) is 19.6. The smallest absolute Gasteiger partial charge is 0.238 e. The van der Waals surface area contributed by atoms with E-state index in [-0.39, 0.29) is 4.90 Å². The SMILES string of the molecule is NS(=O)(=O)c1ccc(CCNCc2c(OCc3ccccc3Cl)ccc3ccccc23)cc1. The Morgan fingerprint density at radius 1 is 0.879 bits per heavy atom. The number of benzene rings is 4. The second-order valence-electron chi connectivity index (χ2n) is 7.76. The van der Waals surface area contributed by atoms with Gasteiger partial charge in [-0.25, -0.2) is 13.6 Å². The lowest BCUT2D eigenvalue weighted by molar-refractivity contribution is 0.303. The van der Waals surface area contributed by atoms with Gasteiger partial charge in [-0.2, -0.15) is 0 Å². The van der Waals surface area contributed by atoms with Crippen LogP contribution in [0.4, 0.5) is 0 Å². The molecule has 4 rings (SSSR count). The van der Waals surface area contributed by atoms with E-state index in [4.69, 9.17) is 21.5 Å². The number of hydrogen-bond donors (Lipinski definition) is 2. The molecule has 0 heterocycles. The van der Waals surface area contributed by atoms with Crippen LogP contribution >= 0.6 is 11.6 Å². The van der Waals surface area contributed by atoms with E-state index in [0.717, 1.165) is 46.2 Å². The van der Waals surface area contributed by atoms with Gasteiger partial charge in [0.25, 0.3) is 0 Å². The molecule has 4 aromatic rings. The van der Waals surface area contributed by atoms with Gasteiger partial charge in [0.05, 0.1) is 4.90 Å². The first-order valence-electron chi connectivity index (χ1n) is 10.6. The predicted octanol–water partition coefficient (Wildman–Crippen LogP) is 5.05. The maximum Gasteiger partial charge on any atom is 0.238 e. The van der Waals surface area contributed by atoms with Crippen LogP contribution in [0.15, 0.2) is 89.8 Å².